The molecule has 0 spiro atoms. The summed E-state index contributed by atoms with van der Waals surface area (Å²) in [5.41, 5.74) is -0.111. The molecular formula is C21H32N2O4. The topological polar surface area (TPSA) is 78.9 Å². The molecule has 6 heteroatoms. The number of carboxylic acid groups (broad SMARTS) is 1. The largest absolute Gasteiger partial charge is 0.497 e. The second kappa shape index (κ2) is 8.74. The molecule has 27 heavy (non-hydrogen) atoms. The molecule has 1 aromatic carbocycles. The van der Waals surface area contributed by atoms with Crippen molar-refractivity contribution in [2.24, 2.45) is 5.92 Å². The number of nitrogens with one attached hydrogen (secondary N) is 1. The van der Waals surface area contributed by atoms with Crippen molar-refractivity contribution in [3.8, 4) is 5.75 Å². The van der Waals surface area contributed by atoms with E-state index in [1.165, 1.54) is 0 Å². The fourth-order valence-electron chi connectivity index (χ4n) is 4.23. The highest BCUT2D eigenvalue weighted by atomic mass is 16.5. The number of amides is 1. The predicted octanol–water partition coefficient (Wildman–Crippen LogP) is 3.23. The van der Waals surface area contributed by atoms with Crippen molar-refractivity contribution in [2.45, 2.75) is 64.1 Å². The van der Waals surface area contributed by atoms with E-state index in [0.29, 0.717) is 12.8 Å². The molecule has 0 aromatic heterocycles. The van der Waals surface area contributed by atoms with Gasteiger partial charge in [-0.1, -0.05) is 32.9 Å². The fraction of sp³-hybridized carbons (Fsp3) is 0.619. The van der Waals surface area contributed by atoms with Crippen molar-refractivity contribution >= 4 is 11.9 Å². The van der Waals surface area contributed by atoms with Crippen molar-refractivity contribution in [1.29, 1.82) is 0 Å². The number of carbonyl (C=O) groups excluding carboxylic acids is 1. The summed E-state index contributed by atoms with van der Waals surface area (Å²) < 4.78 is 5.23. The Morgan fingerprint density at radius 1 is 1.26 bits per heavy atom. The maximum absolute atomic E-state index is 13.1. The first kappa shape index (κ1) is 21.2. The SMILES string of the molecule is CCC(CC)NC(=O)[C@@H]1C[C@](CC)(C(=O)O)N(C)[C@@H]1c1ccc(OC)cc1. The molecule has 1 fully saturated rings. The molecule has 0 radical (unpaired) electrons. The van der Waals surface area contributed by atoms with Crippen LogP contribution >= 0.6 is 0 Å². The Labute approximate surface area is 161 Å². The lowest BCUT2D eigenvalue weighted by Gasteiger charge is -2.34. The van der Waals surface area contributed by atoms with Gasteiger partial charge in [0.15, 0.2) is 0 Å². The van der Waals surface area contributed by atoms with Crippen LogP contribution in [0.15, 0.2) is 24.3 Å². The Bertz CT molecular complexity index is 657. The van der Waals surface area contributed by atoms with Crippen LogP contribution in [0.5, 0.6) is 5.75 Å². The Morgan fingerprint density at radius 3 is 2.30 bits per heavy atom. The second-order valence-corrected chi connectivity index (χ2v) is 7.35. The van der Waals surface area contributed by atoms with Gasteiger partial charge in [-0.15, -0.1) is 0 Å². The van der Waals surface area contributed by atoms with E-state index in [1.807, 2.05) is 57.0 Å². The zero-order valence-corrected chi connectivity index (χ0v) is 17.0. The number of benzene rings is 1. The first-order valence-corrected chi connectivity index (χ1v) is 9.75. The molecule has 1 heterocycles. The highest BCUT2D eigenvalue weighted by molar-refractivity contribution is 5.85. The van der Waals surface area contributed by atoms with Crippen LogP contribution in [-0.2, 0) is 9.59 Å². The van der Waals surface area contributed by atoms with Crippen LogP contribution in [0.4, 0.5) is 0 Å². The summed E-state index contributed by atoms with van der Waals surface area (Å²) in [6.07, 6.45) is 2.46. The van der Waals surface area contributed by atoms with Gasteiger partial charge in [0, 0.05) is 12.1 Å². The molecule has 1 aromatic rings. The third-order valence-electron chi connectivity index (χ3n) is 6.14. The molecule has 1 aliphatic heterocycles. The Morgan fingerprint density at radius 2 is 1.85 bits per heavy atom. The van der Waals surface area contributed by atoms with Gasteiger partial charge >= 0.3 is 5.97 Å². The van der Waals surface area contributed by atoms with Crippen molar-refractivity contribution in [2.75, 3.05) is 14.2 Å². The summed E-state index contributed by atoms with van der Waals surface area (Å²) in [7, 11) is 3.42. The van der Waals surface area contributed by atoms with E-state index >= 15 is 0 Å². The summed E-state index contributed by atoms with van der Waals surface area (Å²) in [5, 5.41) is 13.1. The molecule has 6 nitrogen and oxygen atoms in total. The van der Waals surface area contributed by atoms with Gasteiger partial charge in [-0.2, -0.15) is 0 Å². The monoisotopic (exact) mass is 376 g/mol. The van der Waals surface area contributed by atoms with Gasteiger partial charge in [0.25, 0.3) is 0 Å². The van der Waals surface area contributed by atoms with Gasteiger partial charge < -0.3 is 15.2 Å². The molecular weight excluding hydrogens is 344 g/mol. The van der Waals surface area contributed by atoms with Crippen molar-refractivity contribution < 1.29 is 19.4 Å². The number of nitrogens with zero attached hydrogens (tertiary/aromatic N) is 1. The van der Waals surface area contributed by atoms with Crippen LogP contribution in [0.3, 0.4) is 0 Å². The standard InChI is InChI=1S/C21H32N2O4/c1-6-15(7-2)22-19(24)17-13-21(8-3,20(25)26)23(4)18(17)14-9-11-16(27-5)12-10-14/h9-12,15,17-18H,6-8,13H2,1-5H3,(H,22,24)(H,25,26)/t17-,18-,21-/m1/s1. The van der Waals surface area contributed by atoms with E-state index in [4.69, 9.17) is 4.74 Å². The number of hydrogen-bond donors (Lipinski definition) is 2. The number of ether oxygens (including phenoxy) is 1. The summed E-state index contributed by atoms with van der Waals surface area (Å²) >= 11 is 0. The van der Waals surface area contributed by atoms with Crippen molar-refractivity contribution in [3.63, 3.8) is 0 Å². The number of rotatable bonds is 8. The smallest absolute Gasteiger partial charge is 0.324 e. The summed E-state index contributed by atoms with van der Waals surface area (Å²) in [6.45, 7) is 5.96. The average Bonchev–Trinajstić information content (AvgIpc) is 2.99. The third-order valence-corrected chi connectivity index (χ3v) is 6.14. The molecule has 150 valence electrons. The van der Waals surface area contributed by atoms with Gasteiger partial charge in [0.1, 0.15) is 11.3 Å². The molecule has 0 bridgehead atoms. The van der Waals surface area contributed by atoms with Gasteiger partial charge in [0.2, 0.25) is 5.91 Å². The molecule has 2 rings (SSSR count). The van der Waals surface area contributed by atoms with Gasteiger partial charge in [-0.25, -0.2) is 0 Å². The second-order valence-electron chi connectivity index (χ2n) is 7.35. The van der Waals surface area contributed by atoms with Crippen LogP contribution < -0.4 is 10.1 Å². The van der Waals surface area contributed by atoms with E-state index in [0.717, 1.165) is 24.2 Å². The average molecular weight is 376 g/mol. The summed E-state index contributed by atoms with van der Waals surface area (Å²) in [4.78, 5) is 27.1. The number of carboxylic acids is 1. The summed E-state index contributed by atoms with van der Waals surface area (Å²) in [6, 6.07) is 7.37. The van der Waals surface area contributed by atoms with Crippen LogP contribution in [-0.4, -0.2) is 47.6 Å². The maximum Gasteiger partial charge on any atom is 0.324 e. The molecule has 3 atom stereocenters. The van der Waals surface area contributed by atoms with Gasteiger partial charge in [0.05, 0.1) is 13.0 Å². The molecule has 1 amide bonds. The highest BCUT2D eigenvalue weighted by Gasteiger charge is 2.56. The zero-order valence-electron chi connectivity index (χ0n) is 17.0. The number of hydrogen-bond acceptors (Lipinski definition) is 4. The lowest BCUT2D eigenvalue weighted by Crippen LogP contribution is -2.48. The zero-order chi connectivity index (χ0) is 20.2. The normalized spacial score (nSPS) is 25.6. The van der Waals surface area contributed by atoms with Crippen molar-refractivity contribution in [3.05, 3.63) is 29.8 Å². The Balaban J connectivity index is 2.42. The molecule has 0 saturated carbocycles. The molecule has 1 saturated heterocycles. The lowest BCUT2D eigenvalue weighted by molar-refractivity contribution is -0.150. The van der Waals surface area contributed by atoms with Gasteiger partial charge in [-0.05, 0) is 50.4 Å². The van der Waals surface area contributed by atoms with Crippen LogP contribution in [0, 0.1) is 5.92 Å². The molecule has 0 aliphatic carbocycles. The number of likely N-dealkylation sites (tertiary alicyclic amines) is 1. The van der Waals surface area contributed by atoms with Gasteiger partial charge in [-0.3, -0.25) is 14.5 Å². The van der Waals surface area contributed by atoms with E-state index in [2.05, 4.69) is 5.32 Å². The van der Waals surface area contributed by atoms with E-state index < -0.39 is 17.4 Å². The summed E-state index contributed by atoms with van der Waals surface area (Å²) in [5.74, 6) is -0.616. The lowest BCUT2D eigenvalue weighted by atomic mass is 9.87. The number of methoxy groups -OCH3 is 1. The number of likely N-dealkylation sites (N-methyl/N-ethyl adjacent to an activating group) is 1. The Hall–Kier alpha value is -2.08. The minimum absolute atomic E-state index is 0.0621. The van der Waals surface area contributed by atoms with Crippen LogP contribution in [0.25, 0.3) is 0 Å². The number of carbonyl (C=O) groups is 2. The van der Waals surface area contributed by atoms with Crippen LogP contribution in [0.1, 0.15) is 58.1 Å². The minimum atomic E-state index is -1.04. The highest BCUT2D eigenvalue weighted by Crippen LogP contribution is 2.47. The maximum atomic E-state index is 13.1. The third kappa shape index (κ3) is 3.95. The van der Waals surface area contributed by atoms with E-state index in [1.54, 1.807) is 7.11 Å². The molecule has 0 unspecified atom stereocenters. The van der Waals surface area contributed by atoms with E-state index in [9.17, 15) is 14.7 Å². The number of aliphatic carboxylic acids is 1. The quantitative estimate of drug-likeness (QED) is 0.728. The molecule has 1 aliphatic rings. The van der Waals surface area contributed by atoms with Crippen molar-refractivity contribution in [1.82, 2.24) is 10.2 Å². The van der Waals surface area contributed by atoms with E-state index in [-0.39, 0.29) is 18.0 Å². The minimum Gasteiger partial charge on any atom is -0.497 e. The Kier molecular flexibility index (Phi) is 6.87. The first-order chi connectivity index (χ1) is 12.8. The predicted molar refractivity (Wildman–Crippen MR) is 105 cm³/mol. The van der Waals surface area contributed by atoms with Crippen LogP contribution in [0.2, 0.25) is 0 Å². The fourth-order valence-corrected chi connectivity index (χ4v) is 4.23. The molecule has 2 N–H and O–H groups in total. The first-order valence-electron chi connectivity index (χ1n) is 9.75.